The average molecular weight is 585 g/mol. The van der Waals surface area contributed by atoms with Gasteiger partial charge in [0.1, 0.15) is 0 Å². The molecule has 36 heavy (non-hydrogen) atoms. The number of imide groups is 1. The molecule has 4 unspecified atom stereocenters. The molecule has 3 heterocycles. The Morgan fingerprint density at radius 1 is 1.14 bits per heavy atom. The van der Waals surface area contributed by atoms with E-state index in [0.29, 0.717) is 29.7 Å². The topological polar surface area (TPSA) is 188 Å². The summed E-state index contributed by atoms with van der Waals surface area (Å²) in [6, 6.07) is 0.281. The lowest BCUT2D eigenvalue weighted by atomic mass is 10.0. The summed E-state index contributed by atoms with van der Waals surface area (Å²) in [6.45, 7) is 0.467. The summed E-state index contributed by atoms with van der Waals surface area (Å²) in [5, 5.41) is 7.22. The smallest absolute Gasteiger partial charge is 0.334 e. The molecule has 0 radical (unpaired) electrons. The summed E-state index contributed by atoms with van der Waals surface area (Å²) in [5.41, 5.74) is 0. The molecule has 0 spiro atoms. The number of rotatable bonds is 14. The number of unbranched alkanes of at least 4 members (excludes halogenated alkanes) is 1. The summed E-state index contributed by atoms with van der Waals surface area (Å²) >= 11 is 1.85. The van der Waals surface area contributed by atoms with Gasteiger partial charge in [-0.25, -0.2) is 9.59 Å². The van der Waals surface area contributed by atoms with E-state index in [-0.39, 0.29) is 35.5 Å². The van der Waals surface area contributed by atoms with E-state index in [1.165, 1.54) is 21.6 Å². The number of amides is 5. The summed E-state index contributed by atoms with van der Waals surface area (Å²) in [6.07, 6.45) is 2.18. The number of hydrogen-bond donors (Lipinski definition) is 4. The molecule has 5 amide bonds. The molecule has 3 aliphatic heterocycles. The van der Waals surface area contributed by atoms with Gasteiger partial charge in [-0.05, 0) is 12.8 Å². The molecule has 0 aromatic heterocycles. The van der Waals surface area contributed by atoms with E-state index in [1.807, 2.05) is 11.8 Å². The minimum atomic E-state index is -4.76. The molecule has 3 rings (SSSR count). The third-order valence-electron chi connectivity index (χ3n) is 5.68. The molecule has 17 heteroatoms. The van der Waals surface area contributed by atoms with Crippen molar-refractivity contribution in [2.24, 2.45) is 0 Å². The third-order valence-corrected chi connectivity index (χ3v) is 10.7. The average Bonchev–Trinajstić information content (AvgIpc) is 3.44. The van der Waals surface area contributed by atoms with Crippen molar-refractivity contribution in [2.75, 3.05) is 23.8 Å². The minimum absolute atomic E-state index is 0.0277. The van der Waals surface area contributed by atoms with Gasteiger partial charge in [0.05, 0.1) is 24.9 Å². The predicted molar refractivity (Wildman–Crippen MR) is 134 cm³/mol. The number of carbonyl (C=O) groups is 5. The first-order valence-corrected chi connectivity index (χ1v) is 16.3. The van der Waals surface area contributed by atoms with E-state index < -0.39 is 39.6 Å². The predicted octanol–water partition coefficient (Wildman–Crippen LogP) is 0.0734. The Kier molecular flexibility index (Phi) is 10.6. The van der Waals surface area contributed by atoms with Crippen LogP contribution in [-0.4, -0.2) is 94.1 Å². The first-order chi connectivity index (χ1) is 17.1. The lowest BCUT2D eigenvalue weighted by Gasteiger charge is -2.16. The van der Waals surface area contributed by atoms with Crippen molar-refractivity contribution in [3.05, 3.63) is 0 Å². The fraction of sp³-hybridized carbons (Fsp3) is 0.737. The molecule has 0 bridgehead atoms. The van der Waals surface area contributed by atoms with E-state index in [0.717, 1.165) is 25.0 Å². The van der Waals surface area contributed by atoms with Crippen LogP contribution >= 0.6 is 33.3 Å². The number of nitrogens with one attached hydrogen (secondary N) is 3. The number of hydroxylamine groups is 2. The summed E-state index contributed by atoms with van der Waals surface area (Å²) < 4.78 is 31.1. The maximum Gasteiger partial charge on any atom is 0.334 e. The number of thioether (sulfide) groups is 1. The van der Waals surface area contributed by atoms with Gasteiger partial charge in [0, 0.05) is 35.5 Å². The highest BCUT2D eigenvalue weighted by molar-refractivity contribution is 8.76. The molecule has 4 atom stereocenters. The second kappa shape index (κ2) is 13.2. The van der Waals surface area contributed by atoms with Gasteiger partial charge in [0.2, 0.25) is 5.91 Å². The van der Waals surface area contributed by atoms with Crippen molar-refractivity contribution in [2.45, 2.75) is 61.1 Å². The lowest BCUT2D eigenvalue weighted by molar-refractivity contribution is -0.197. The van der Waals surface area contributed by atoms with Crippen molar-refractivity contribution in [3.63, 3.8) is 0 Å². The maximum absolute atomic E-state index is 12.0. The zero-order valence-corrected chi connectivity index (χ0v) is 22.4. The zero-order valence-electron chi connectivity index (χ0n) is 19.2. The van der Waals surface area contributed by atoms with Gasteiger partial charge in [-0.3, -0.25) is 18.9 Å². The van der Waals surface area contributed by atoms with Gasteiger partial charge in [-0.1, -0.05) is 28.0 Å². The van der Waals surface area contributed by atoms with E-state index in [1.54, 1.807) is 0 Å². The van der Waals surface area contributed by atoms with Crippen LogP contribution in [0.1, 0.15) is 38.5 Å². The van der Waals surface area contributed by atoms with Gasteiger partial charge in [0.25, 0.3) is 21.9 Å². The van der Waals surface area contributed by atoms with Crippen LogP contribution in [0.15, 0.2) is 0 Å². The van der Waals surface area contributed by atoms with Gasteiger partial charge >= 0.3 is 12.0 Å². The molecule has 3 saturated heterocycles. The third kappa shape index (κ3) is 8.16. The fourth-order valence-electron chi connectivity index (χ4n) is 3.90. The number of nitrogens with zero attached hydrogens (tertiary/aromatic N) is 1. The van der Waals surface area contributed by atoms with Crippen LogP contribution in [0.4, 0.5) is 4.79 Å². The first-order valence-electron chi connectivity index (χ1n) is 11.3. The quantitative estimate of drug-likeness (QED) is 0.0708. The Morgan fingerprint density at radius 3 is 2.61 bits per heavy atom. The lowest BCUT2D eigenvalue weighted by Crippen LogP contribution is -2.36. The van der Waals surface area contributed by atoms with Gasteiger partial charge in [-0.15, -0.1) is 5.06 Å². The molecule has 0 aromatic carbocycles. The first kappa shape index (κ1) is 28.9. The van der Waals surface area contributed by atoms with Crippen molar-refractivity contribution < 1.29 is 41.8 Å². The Bertz CT molecular complexity index is 980. The number of fused-ring (bicyclic) bond motifs is 1. The largest absolute Gasteiger partial charge is 0.355 e. The van der Waals surface area contributed by atoms with Gasteiger partial charge in [-0.2, -0.15) is 20.2 Å². The van der Waals surface area contributed by atoms with Crippen LogP contribution < -0.4 is 16.0 Å². The fourth-order valence-corrected chi connectivity index (χ4v) is 8.02. The second-order valence-electron chi connectivity index (χ2n) is 8.31. The molecular formula is C19H28N4O9S4. The molecule has 0 aliphatic carbocycles. The van der Waals surface area contributed by atoms with Crippen molar-refractivity contribution in [1.29, 1.82) is 0 Å². The van der Waals surface area contributed by atoms with Crippen LogP contribution in [0.5, 0.6) is 0 Å². The molecular weight excluding hydrogens is 556 g/mol. The minimum Gasteiger partial charge on any atom is -0.355 e. The Balaban J connectivity index is 1.16. The monoisotopic (exact) mass is 584 g/mol. The summed E-state index contributed by atoms with van der Waals surface area (Å²) in [5.74, 6) is -1.38. The van der Waals surface area contributed by atoms with E-state index in [4.69, 9.17) is 4.55 Å². The Labute approximate surface area is 220 Å². The Morgan fingerprint density at radius 2 is 1.89 bits per heavy atom. The second-order valence-corrected chi connectivity index (χ2v) is 13.9. The maximum atomic E-state index is 12.0. The number of urea groups is 1. The van der Waals surface area contributed by atoms with E-state index in [9.17, 15) is 32.4 Å². The Hall–Kier alpha value is -1.69. The zero-order chi connectivity index (χ0) is 26.3. The van der Waals surface area contributed by atoms with Gasteiger partial charge < -0.3 is 20.8 Å². The van der Waals surface area contributed by atoms with Crippen molar-refractivity contribution in [1.82, 2.24) is 21.0 Å². The van der Waals surface area contributed by atoms with Crippen LogP contribution in [0.25, 0.3) is 0 Å². The van der Waals surface area contributed by atoms with E-state index in [2.05, 4.69) is 20.8 Å². The van der Waals surface area contributed by atoms with Crippen LogP contribution in [0.3, 0.4) is 0 Å². The summed E-state index contributed by atoms with van der Waals surface area (Å²) in [4.78, 5) is 63.3. The van der Waals surface area contributed by atoms with Crippen molar-refractivity contribution >= 4 is 73.2 Å². The molecule has 0 aromatic rings. The van der Waals surface area contributed by atoms with Crippen molar-refractivity contribution in [3.8, 4) is 0 Å². The van der Waals surface area contributed by atoms with Gasteiger partial charge in [0.15, 0.2) is 5.25 Å². The number of carbonyl (C=O) groups excluding carboxylic acids is 5. The normalized spacial score (nSPS) is 25.5. The van der Waals surface area contributed by atoms with Crippen LogP contribution in [-0.2, 0) is 34.1 Å². The molecule has 3 fully saturated rings. The molecule has 0 saturated carbocycles. The van der Waals surface area contributed by atoms with Crippen LogP contribution in [0, 0.1) is 0 Å². The SMILES string of the molecule is O=C(CCCCC1SCC2NC(=O)NC21)NCCSSCCC(=O)ON1C(=O)CC(S(=O)(=O)O)C1=O. The highest BCUT2D eigenvalue weighted by atomic mass is 33.1. The molecule has 13 nitrogen and oxygen atoms in total. The number of hydrogen-bond acceptors (Lipinski definition) is 11. The van der Waals surface area contributed by atoms with E-state index >= 15 is 0 Å². The highest BCUT2D eigenvalue weighted by Gasteiger charge is 2.48. The summed E-state index contributed by atoms with van der Waals surface area (Å²) in [7, 11) is -1.99. The molecule has 4 N–H and O–H groups in total. The molecule has 202 valence electrons. The molecule has 3 aliphatic rings. The standard InChI is InChI=1S/C19H28N4O9S4/c24-14(4-2-1-3-12-17-11(10-33-12)21-19(28)22-17)20-6-8-35-34-7-5-16(26)32-23-15(25)9-13(18(23)27)36(29,30)31/h11-13,17H,1-10H2,(H,20,24)(H2,21,22,28)(H,29,30,31). The highest BCUT2D eigenvalue weighted by Crippen LogP contribution is 2.33. The van der Waals surface area contributed by atoms with Crippen LogP contribution in [0.2, 0.25) is 0 Å².